The Hall–Kier alpha value is -1.34. The van der Waals surface area contributed by atoms with Crippen molar-refractivity contribution in [3.8, 4) is 6.07 Å². The van der Waals surface area contributed by atoms with Crippen molar-refractivity contribution in [3.05, 3.63) is 18.7 Å². The van der Waals surface area contributed by atoms with E-state index in [9.17, 15) is 0 Å². The molecule has 0 aliphatic rings. The third kappa shape index (κ3) is 3.26. The molecule has 0 saturated carbocycles. The molecule has 1 N–H and O–H groups in total. The van der Waals surface area contributed by atoms with Crippen molar-refractivity contribution in [1.29, 1.82) is 5.26 Å². The standard InChI is InChI=1S/C9H14N4/c1-8(5-10)12-9(2)6-13-4-3-11-7-13/h3-4,7-9,12H,6H2,1-2H3. The summed E-state index contributed by atoms with van der Waals surface area (Å²) in [6.07, 6.45) is 5.44. The van der Waals surface area contributed by atoms with Crippen LogP contribution in [0.2, 0.25) is 0 Å². The van der Waals surface area contributed by atoms with Crippen LogP contribution in [-0.2, 0) is 6.54 Å². The van der Waals surface area contributed by atoms with Gasteiger partial charge in [-0.3, -0.25) is 5.32 Å². The van der Waals surface area contributed by atoms with Gasteiger partial charge in [0, 0.05) is 25.0 Å². The summed E-state index contributed by atoms with van der Waals surface area (Å²) in [5.41, 5.74) is 0. The van der Waals surface area contributed by atoms with E-state index in [1.807, 2.05) is 24.6 Å². The highest BCUT2D eigenvalue weighted by atomic mass is 15.1. The van der Waals surface area contributed by atoms with Crippen LogP contribution in [0.15, 0.2) is 18.7 Å². The van der Waals surface area contributed by atoms with Crippen molar-refractivity contribution in [2.75, 3.05) is 0 Å². The van der Waals surface area contributed by atoms with Gasteiger partial charge in [0.15, 0.2) is 0 Å². The van der Waals surface area contributed by atoms with Crippen molar-refractivity contribution < 1.29 is 0 Å². The van der Waals surface area contributed by atoms with Crippen LogP contribution in [0.3, 0.4) is 0 Å². The number of nitrogens with one attached hydrogen (secondary N) is 1. The molecule has 4 nitrogen and oxygen atoms in total. The maximum absolute atomic E-state index is 8.58. The molecule has 4 heteroatoms. The average molecular weight is 178 g/mol. The minimum Gasteiger partial charge on any atom is -0.336 e. The zero-order chi connectivity index (χ0) is 9.68. The molecule has 0 bridgehead atoms. The van der Waals surface area contributed by atoms with E-state index in [2.05, 4.69) is 16.4 Å². The van der Waals surface area contributed by atoms with Gasteiger partial charge in [-0.1, -0.05) is 0 Å². The van der Waals surface area contributed by atoms with Gasteiger partial charge in [-0.25, -0.2) is 4.98 Å². The number of hydrogen-bond donors (Lipinski definition) is 1. The third-order valence-corrected chi connectivity index (χ3v) is 1.77. The summed E-state index contributed by atoms with van der Waals surface area (Å²) in [7, 11) is 0. The summed E-state index contributed by atoms with van der Waals surface area (Å²) in [4.78, 5) is 3.94. The van der Waals surface area contributed by atoms with Gasteiger partial charge in [0.1, 0.15) is 0 Å². The fourth-order valence-electron chi connectivity index (χ4n) is 1.23. The maximum Gasteiger partial charge on any atom is 0.0946 e. The molecule has 1 aromatic heterocycles. The molecule has 0 fully saturated rings. The third-order valence-electron chi connectivity index (χ3n) is 1.77. The van der Waals surface area contributed by atoms with Crippen molar-refractivity contribution in [3.63, 3.8) is 0 Å². The first-order valence-corrected chi connectivity index (χ1v) is 4.33. The zero-order valence-corrected chi connectivity index (χ0v) is 7.94. The van der Waals surface area contributed by atoms with Gasteiger partial charge < -0.3 is 4.57 Å². The van der Waals surface area contributed by atoms with E-state index in [1.54, 1.807) is 12.5 Å². The number of nitrogens with zero attached hydrogens (tertiary/aromatic N) is 3. The van der Waals surface area contributed by atoms with E-state index in [-0.39, 0.29) is 12.1 Å². The summed E-state index contributed by atoms with van der Waals surface area (Å²) in [6.45, 7) is 4.74. The molecule has 13 heavy (non-hydrogen) atoms. The second-order valence-corrected chi connectivity index (χ2v) is 3.18. The molecule has 2 unspecified atom stereocenters. The quantitative estimate of drug-likeness (QED) is 0.741. The van der Waals surface area contributed by atoms with E-state index in [0.717, 1.165) is 6.54 Å². The average Bonchev–Trinajstić information content (AvgIpc) is 2.56. The summed E-state index contributed by atoms with van der Waals surface area (Å²) < 4.78 is 1.99. The highest BCUT2D eigenvalue weighted by Gasteiger charge is 2.05. The van der Waals surface area contributed by atoms with Gasteiger partial charge in [-0.05, 0) is 13.8 Å². The fraction of sp³-hybridized carbons (Fsp3) is 0.556. The Morgan fingerprint density at radius 2 is 2.38 bits per heavy atom. The molecule has 70 valence electrons. The molecule has 1 heterocycles. The van der Waals surface area contributed by atoms with Gasteiger partial charge in [0.2, 0.25) is 0 Å². The van der Waals surface area contributed by atoms with Crippen molar-refractivity contribution >= 4 is 0 Å². The molecule has 0 radical (unpaired) electrons. The molecule has 0 amide bonds. The van der Waals surface area contributed by atoms with Crippen molar-refractivity contribution in [1.82, 2.24) is 14.9 Å². The Morgan fingerprint density at radius 1 is 1.62 bits per heavy atom. The highest BCUT2D eigenvalue weighted by molar-refractivity contribution is 4.87. The molecule has 1 aromatic rings. The van der Waals surface area contributed by atoms with Crippen molar-refractivity contribution in [2.45, 2.75) is 32.5 Å². The molecule has 1 rings (SSSR count). The van der Waals surface area contributed by atoms with Crippen LogP contribution in [0.1, 0.15) is 13.8 Å². The first kappa shape index (κ1) is 9.75. The Bertz CT molecular complexity index is 272. The minimum absolute atomic E-state index is 0.0986. The number of rotatable bonds is 4. The Labute approximate surface area is 78.2 Å². The van der Waals surface area contributed by atoms with Crippen LogP contribution in [0.4, 0.5) is 0 Å². The largest absolute Gasteiger partial charge is 0.336 e. The van der Waals surface area contributed by atoms with Gasteiger partial charge in [0.05, 0.1) is 18.4 Å². The highest BCUT2D eigenvalue weighted by Crippen LogP contribution is 1.92. The molecule has 0 aliphatic carbocycles. The smallest absolute Gasteiger partial charge is 0.0946 e. The number of imidazole rings is 1. The molecular formula is C9H14N4. The van der Waals surface area contributed by atoms with E-state index >= 15 is 0 Å². The lowest BCUT2D eigenvalue weighted by atomic mass is 10.3. The molecule has 0 saturated heterocycles. The Morgan fingerprint density at radius 3 is 2.92 bits per heavy atom. The van der Waals surface area contributed by atoms with Crippen LogP contribution >= 0.6 is 0 Å². The maximum atomic E-state index is 8.58. The van der Waals surface area contributed by atoms with Crippen molar-refractivity contribution in [2.24, 2.45) is 0 Å². The molecule has 0 aromatic carbocycles. The Kier molecular flexibility index (Phi) is 3.47. The monoisotopic (exact) mass is 178 g/mol. The summed E-state index contributed by atoms with van der Waals surface area (Å²) in [5.74, 6) is 0. The minimum atomic E-state index is -0.0986. The zero-order valence-electron chi connectivity index (χ0n) is 7.94. The lowest BCUT2D eigenvalue weighted by Crippen LogP contribution is -2.36. The first-order valence-electron chi connectivity index (χ1n) is 4.33. The summed E-state index contributed by atoms with van der Waals surface area (Å²) >= 11 is 0. The van der Waals surface area contributed by atoms with Crippen LogP contribution in [0.25, 0.3) is 0 Å². The second-order valence-electron chi connectivity index (χ2n) is 3.18. The molecule has 0 aliphatic heterocycles. The normalized spacial score (nSPS) is 14.8. The second kappa shape index (κ2) is 4.63. The lowest BCUT2D eigenvalue weighted by molar-refractivity contribution is 0.459. The topological polar surface area (TPSA) is 53.6 Å². The van der Waals surface area contributed by atoms with Gasteiger partial charge >= 0.3 is 0 Å². The Balaban J connectivity index is 2.34. The predicted molar refractivity (Wildman–Crippen MR) is 49.9 cm³/mol. The van der Waals surface area contributed by atoms with E-state index in [1.165, 1.54) is 0 Å². The fourth-order valence-corrected chi connectivity index (χ4v) is 1.23. The van der Waals surface area contributed by atoms with Gasteiger partial charge in [0.25, 0.3) is 0 Å². The molecule has 2 atom stereocenters. The van der Waals surface area contributed by atoms with Gasteiger partial charge in [-0.15, -0.1) is 0 Å². The first-order chi connectivity index (χ1) is 6.22. The van der Waals surface area contributed by atoms with Crippen LogP contribution in [-0.4, -0.2) is 21.6 Å². The van der Waals surface area contributed by atoms with E-state index in [4.69, 9.17) is 5.26 Å². The van der Waals surface area contributed by atoms with Crippen LogP contribution in [0, 0.1) is 11.3 Å². The van der Waals surface area contributed by atoms with Crippen LogP contribution < -0.4 is 5.32 Å². The molecular weight excluding hydrogens is 164 g/mol. The van der Waals surface area contributed by atoms with E-state index < -0.39 is 0 Å². The number of aromatic nitrogens is 2. The van der Waals surface area contributed by atoms with Crippen LogP contribution in [0.5, 0.6) is 0 Å². The van der Waals surface area contributed by atoms with Gasteiger partial charge in [-0.2, -0.15) is 5.26 Å². The summed E-state index contributed by atoms with van der Waals surface area (Å²) in [6, 6.07) is 2.32. The lowest BCUT2D eigenvalue weighted by Gasteiger charge is -2.15. The number of hydrogen-bond acceptors (Lipinski definition) is 3. The number of nitriles is 1. The predicted octanol–water partition coefficient (Wildman–Crippen LogP) is 0.773. The summed E-state index contributed by atoms with van der Waals surface area (Å²) in [5, 5.41) is 11.7. The SMILES string of the molecule is CC(C#N)NC(C)Cn1ccnc1. The molecule has 0 spiro atoms. The van der Waals surface area contributed by atoms with E-state index in [0.29, 0.717) is 0 Å².